The summed E-state index contributed by atoms with van der Waals surface area (Å²) in [6, 6.07) is 6.99. The maximum atomic E-state index is 11.8. The molecule has 0 unspecified atom stereocenters. The van der Waals surface area contributed by atoms with Crippen LogP contribution in [0.4, 0.5) is 5.69 Å². The Hall–Kier alpha value is -2.04. The van der Waals surface area contributed by atoms with Gasteiger partial charge in [-0.2, -0.15) is 0 Å². The van der Waals surface area contributed by atoms with Gasteiger partial charge >= 0.3 is 11.8 Å². The van der Waals surface area contributed by atoms with Gasteiger partial charge in [0.1, 0.15) is 5.75 Å². The Morgan fingerprint density at radius 3 is 2.41 bits per heavy atom. The maximum Gasteiger partial charge on any atom is 0.313 e. The van der Waals surface area contributed by atoms with Gasteiger partial charge in [-0.3, -0.25) is 9.59 Å². The zero-order chi connectivity index (χ0) is 16.2. The first kappa shape index (κ1) is 18.0. The molecule has 1 aromatic carbocycles. The molecule has 0 radical (unpaired) electrons. The second-order valence-electron chi connectivity index (χ2n) is 5.18. The van der Waals surface area contributed by atoms with Crippen LogP contribution in [0.2, 0.25) is 0 Å². The third-order valence-electron chi connectivity index (χ3n) is 3.38. The van der Waals surface area contributed by atoms with Gasteiger partial charge in [0.2, 0.25) is 0 Å². The summed E-state index contributed by atoms with van der Waals surface area (Å²) in [5.74, 6) is -0.755. The number of amides is 2. The van der Waals surface area contributed by atoms with Crippen LogP contribution in [0.1, 0.15) is 45.4 Å². The van der Waals surface area contributed by atoms with E-state index >= 15 is 0 Å². The molecule has 0 saturated carbocycles. The number of carbonyl (C=O) groups is 2. The van der Waals surface area contributed by atoms with E-state index in [1.165, 1.54) is 32.8 Å². The number of ether oxygens (including phenoxy) is 1. The van der Waals surface area contributed by atoms with Gasteiger partial charge in [0.15, 0.2) is 0 Å². The molecule has 0 spiro atoms. The molecule has 0 atom stereocenters. The van der Waals surface area contributed by atoms with Gasteiger partial charge < -0.3 is 15.4 Å². The fourth-order valence-corrected chi connectivity index (χ4v) is 2.11. The van der Waals surface area contributed by atoms with E-state index in [1.807, 2.05) is 0 Å². The van der Waals surface area contributed by atoms with E-state index in [2.05, 4.69) is 17.6 Å². The Bertz CT molecular complexity index is 475. The van der Waals surface area contributed by atoms with Crippen molar-refractivity contribution in [3.05, 3.63) is 24.3 Å². The van der Waals surface area contributed by atoms with E-state index in [-0.39, 0.29) is 0 Å². The molecule has 5 heteroatoms. The average molecular weight is 306 g/mol. The number of nitrogens with one attached hydrogen (secondary N) is 2. The fourth-order valence-electron chi connectivity index (χ4n) is 2.11. The number of unbranched alkanes of at least 4 members (excludes halogenated alkanes) is 5. The average Bonchev–Trinajstić information content (AvgIpc) is 2.54. The van der Waals surface area contributed by atoms with Gasteiger partial charge in [0, 0.05) is 6.54 Å². The molecule has 2 amide bonds. The van der Waals surface area contributed by atoms with E-state index in [0.717, 1.165) is 12.8 Å². The summed E-state index contributed by atoms with van der Waals surface area (Å²) >= 11 is 0. The highest BCUT2D eigenvalue weighted by atomic mass is 16.5. The van der Waals surface area contributed by atoms with Crippen LogP contribution >= 0.6 is 0 Å². The first-order valence-corrected chi connectivity index (χ1v) is 7.91. The number of carbonyl (C=O) groups excluding carboxylic acids is 2. The molecular weight excluding hydrogens is 280 g/mol. The number of rotatable bonds is 9. The molecule has 22 heavy (non-hydrogen) atoms. The lowest BCUT2D eigenvalue weighted by Gasteiger charge is -2.09. The Balaban J connectivity index is 2.26. The van der Waals surface area contributed by atoms with Crippen LogP contribution in [0.25, 0.3) is 0 Å². The minimum atomic E-state index is -0.671. The molecule has 0 heterocycles. The Morgan fingerprint density at radius 2 is 1.68 bits per heavy atom. The summed E-state index contributed by atoms with van der Waals surface area (Å²) in [5.41, 5.74) is 0.490. The van der Waals surface area contributed by atoms with Gasteiger partial charge in [-0.15, -0.1) is 0 Å². The molecule has 0 aliphatic heterocycles. The van der Waals surface area contributed by atoms with Crippen molar-refractivity contribution in [1.82, 2.24) is 5.32 Å². The van der Waals surface area contributed by atoms with Crippen molar-refractivity contribution in [2.75, 3.05) is 19.0 Å². The monoisotopic (exact) mass is 306 g/mol. The summed E-state index contributed by atoms with van der Waals surface area (Å²) in [4.78, 5) is 23.5. The number of hydrogen-bond donors (Lipinski definition) is 2. The summed E-state index contributed by atoms with van der Waals surface area (Å²) in [6.07, 6.45) is 6.87. The molecule has 0 aliphatic rings. The van der Waals surface area contributed by atoms with Crippen molar-refractivity contribution >= 4 is 17.5 Å². The van der Waals surface area contributed by atoms with Crippen LogP contribution in [0.5, 0.6) is 5.75 Å². The van der Waals surface area contributed by atoms with E-state index in [1.54, 1.807) is 24.3 Å². The summed E-state index contributed by atoms with van der Waals surface area (Å²) in [7, 11) is 1.52. The number of benzene rings is 1. The third kappa shape index (κ3) is 6.61. The standard InChI is InChI=1S/C17H26N2O3/c1-3-4-5-6-7-10-13-18-16(20)17(21)19-14-11-8-9-12-15(14)22-2/h8-9,11-12H,3-7,10,13H2,1-2H3,(H,18,20)(H,19,21). The first-order valence-electron chi connectivity index (χ1n) is 7.91. The van der Waals surface area contributed by atoms with Gasteiger partial charge in [0.05, 0.1) is 12.8 Å². The van der Waals surface area contributed by atoms with Crippen LogP contribution in [0, 0.1) is 0 Å². The molecule has 0 bridgehead atoms. The highest BCUT2D eigenvalue weighted by Gasteiger charge is 2.14. The molecule has 2 N–H and O–H groups in total. The van der Waals surface area contributed by atoms with E-state index in [4.69, 9.17) is 4.74 Å². The summed E-state index contributed by atoms with van der Waals surface area (Å²) in [6.45, 7) is 2.71. The Kier molecular flexibility index (Phi) is 8.72. The molecule has 0 saturated heterocycles. The molecule has 0 fully saturated rings. The second kappa shape index (κ2) is 10.7. The summed E-state index contributed by atoms with van der Waals surface area (Å²) in [5, 5.41) is 5.19. The molecule has 0 aliphatic carbocycles. The van der Waals surface area contributed by atoms with Crippen molar-refractivity contribution in [3.63, 3.8) is 0 Å². The lowest BCUT2D eigenvalue weighted by molar-refractivity contribution is -0.136. The predicted molar refractivity (Wildman–Crippen MR) is 88.0 cm³/mol. The van der Waals surface area contributed by atoms with Gasteiger partial charge in [0.25, 0.3) is 0 Å². The van der Waals surface area contributed by atoms with Crippen LogP contribution in [0.15, 0.2) is 24.3 Å². The van der Waals surface area contributed by atoms with Crippen molar-refractivity contribution in [1.29, 1.82) is 0 Å². The smallest absolute Gasteiger partial charge is 0.313 e. The number of hydrogen-bond acceptors (Lipinski definition) is 3. The number of para-hydroxylation sites is 2. The SMILES string of the molecule is CCCCCCCCNC(=O)C(=O)Nc1ccccc1OC. The molecule has 1 rings (SSSR count). The van der Waals surface area contributed by atoms with Crippen LogP contribution in [0.3, 0.4) is 0 Å². The lowest BCUT2D eigenvalue weighted by atomic mass is 10.1. The quantitative estimate of drug-likeness (QED) is 0.544. The molecule has 122 valence electrons. The Labute approximate surface area is 132 Å². The van der Waals surface area contributed by atoms with Crippen LogP contribution in [-0.2, 0) is 9.59 Å². The second-order valence-corrected chi connectivity index (χ2v) is 5.18. The first-order chi connectivity index (χ1) is 10.7. The summed E-state index contributed by atoms with van der Waals surface area (Å²) < 4.78 is 5.12. The van der Waals surface area contributed by atoms with Gasteiger partial charge in [-0.25, -0.2) is 0 Å². The molecular formula is C17H26N2O3. The van der Waals surface area contributed by atoms with Crippen molar-refractivity contribution in [3.8, 4) is 5.75 Å². The van der Waals surface area contributed by atoms with Crippen molar-refractivity contribution in [2.45, 2.75) is 45.4 Å². The highest BCUT2D eigenvalue weighted by molar-refractivity contribution is 6.39. The maximum absolute atomic E-state index is 11.8. The van der Waals surface area contributed by atoms with Crippen LogP contribution < -0.4 is 15.4 Å². The zero-order valence-corrected chi connectivity index (χ0v) is 13.5. The molecule has 1 aromatic rings. The third-order valence-corrected chi connectivity index (χ3v) is 3.38. The highest BCUT2D eigenvalue weighted by Crippen LogP contribution is 2.22. The minimum Gasteiger partial charge on any atom is -0.495 e. The number of methoxy groups -OCH3 is 1. The molecule has 5 nitrogen and oxygen atoms in total. The van der Waals surface area contributed by atoms with E-state index in [0.29, 0.717) is 18.0 Å². The van der Waals surface area contributed by atoms with Gasteiger partial charge in [-0.05, 0) is 18.6 Å². The lowest BCUT2D eigenvalue weighted by Crippen LogP contribution is -2.35. The van der Waals surface area contributed by atoms with Gasteiger partial charge in [-0.1, -0.05) is 51.2 Å². The van der Waals surface area contributed by atoms with E-state index in [9.17, 15) is 9.59 Å². The topological polar surface area (TPSA) is 67.4 Å². The minimum absolute atomic E-state index is 0.490. The Morgan fingerprint density at radius 1 is 1.00 bits per heavy atom. The van der Waals surface area contributed by atoms with Crippen LogP contribution in [-0.4, -0.2) is 25.5 Å². The predicted octanol–water partition coefficient (Wildman–Crippen LogP) is 3.11. The van der Waals surface area contributed by atoms with Crippen molar-refractivity contribution < 1.29 is 14.3 Å². The van der Waals surface area contributed by atoms with Crippen molar-refractivity contribution in [2.24, 2.45) is 0 Å². The fraction of sp³-hybridized carbons (Fsp3) is 0.529. The number of anilines is 1. The largest absolute Gasteiger partial charge is 0.495 e. The zero-order valence-electron chi connectivity index (χ0n) is 13.5. The molecule has 0 aromatic heterocycles. The van der Waals surface area contributed by atoms with E-state index < -0.39 is 11.8 Å². The normalized spacial score (nSPS) is 10.1.